The van der Waals surface area contributed by atoms with Gasteiger partial charge in [0.1, 0.15) is 11.5 Å². The van der Waals surface area contributed by atoms with Gasteiger partial charge in [0.05, 0.1) is 24.6 Å². The van der Waals surface area contributed by atoms with E-state index < -0.39 is 12.6 Å². The third-order valence-electron chi connectivity index (χ3n) is 6.67. The molecule has 0 amide bonds. The zero-order valence-corrected chi connectivity index (χ0v) is 22.9. The molecule has 0 saturated heterocycles. The van der Waals surface area contributed by atoms with E-state index in [0.717, 1.165) is 67.8 Å². The third-order valence-corrected chi connectivity index (χ3v) is 8.90. The maximum absolute atomic E-state index is 6.24. The Morgan fingerprint density at radius 2 is 1.08 bits per heavy atom. The van der Waals surface area contributed by atoms with Crippen LogP contribution in [0, 0.1) is 13.8 Å². The highest BCUT2D eigenvalue weighted by Crippen LogP contribution is 2.41. The second kappa shape index (κ2) is 11.4. The molecule has 4 aromatic rings. The van der Waals surface area contributed by atoms with Crippen LogP contribution in [0.15, 0.2) is 73.1 Å². The lowest BCUT2D eigenvalue weighted by atomic mass is 10.1. The number of benzene rings is 2. The van der Waals surface area contributed by atoms with Crippen LogP contribution in [0.2, 0.25) is 0 Å². The van der Waals surface area contributed by atoms with E-state index in [1.54, 1.807) is 21.6 Å². The Labute approximate surface area is 230 Å². The Morgan fingerprint density at radius 1 is 0.658 bits per heavy atom. The molecule has 0 fully saturated rings. The van der Waals surface area contributed by atoms with E-state index in [1.807, 2.05) is 86.9 Å². The first kappa shape index (κ1) is 25.2. The Morgan fingerprint density at radius 3 is 1.50 bits per heavy atom. The van der Waals surface area contributed by atoms with Crippen LogP contribution in [0.1, 0.15) is 57.3 Å². The summed E-state index contributed by atoms with van der Waals surface area (Å²) in [5.41, 5.74) is 8.22. The van der Waals surface area contributed by atoms with E-state index in [0.29, 0.717) is 13.2 Å². The topological polar surface area (TPSA) is 62.7 Å². The number of ether oxygens (including phenoxy) is 4. The fourth-order valence-corrected chi connectivity index (χ4v) is 6.77. The Bertz CT molecular complexity index is 1310. The normalized spacial score (nSPS) is 18.2. The van der Waals surface area contributed by atoms with Gasteiger partial charge in [-0.25, -0.2) is 0 Å². The van der Waals surface area contributed by atoms with E-state index in [2.05, 4.69) is 9.97 Å². The first-order valence-electron chi connectivity index (χ1n) is 12.5. The molecule has 2 unspecified atom stereocenters. The third kappa shape index (κ3) is 5.27. The van der Waals surface area contributed by atoms with Gasteiger partial charge in [-0.05, 0) is 25.0 Å². The summed E-state index contributed by atoms with van der Waals surface area (Å²) in [7, 11) is 3.57. The largest absolute Gasteiger partial charge is 0.458 e. The van der Waals surface area contributed by atoms with Crippen molar-refractivity contribution in [3.63, 3.8) is 0 Å². The number of pyridine rings is 2. The van der Waals surface area contributed by atoms with E-state index >= 15 is 0 Å². The summed E-state index contributed by atoms with van der Waals surface area (Å²) in [6.45, 7) is 4.98. The molecule has 0 N–H and O–H groups in total. The van der Waals surface area contributed by atoms with Gasteiger partial charge < -0.3 is 18.9 Å². The van der Waals surface area contributed by atoms with Crippen LogP contribution in [0.25, 0.3) is 0 Å². The van der Waals surface area contributed by atoms with Gasteiger partial charge in [-0.1, -0.05) is 82.3 Å². The summed E-state index contributed by atoms with van der Waals surface area (Å²) in [5, 5.41) is 0. The van der Waals surface area contributed by atoms with E-state index in [9.17, 15) is 0 Å². The second-order valence-corrected chi connectivity index (χ2v) is 11.7. The van der Waals surface area contributed by atoms with Crippen LogP contribution >= 0.6 is 21.6 Å². The van der Waals surface area contributed by atoms with E-state index in [1.165, 1.54) is 0 Å². The molecule has 0 spiro atoms. The molecule has 6 rings (SSSR count). The van der Waals surface area contributed by atoms with Gasteiger partial charge in [-0.15, -0.1) is 0 Å². The fourth-order valence-electron chi connectivity index (χ4n) is 4.59. The molecule has 38 heavy (non-hydrogen) atoms. The number of hydrogen-bond donors (Lipinski definition) is 0. The molecule has 0 aliphatic carbocycles. The predicted octanol–water partition coefficient (Wildman–Crippen LogP) is 7.39. The molecule has 194 valence electrons. The standard InChI is InChI=1S/C30H28N2O4S2/c1-19-27-25(15-33-29(35-27)21-9-5-3-6-10-21)23(13-31-19)17-37-38-18-24-14-32-20(2)28-26(24)16-34-30(36-28)22-11-7-4-8-12-22/h3-14,29-30H,15-18H2,1-2H3. The summed E-state index contributed by atoms with van der Waals surface area (Å²) < 4.78 is 24.6. The SMILES string of the molecule is Cc1ncc(CSSCc2cnc(C)c3c2COC(c2ccccc2)O3)c2c1OC(c1ccccc1)OC2. The van der Waals surface area contributed by atoms with E-state index in [-0.39, 0.29) is 0 Å². The first-order chi connectivity index (χ1) is 18.7. The number of rotatable bonds is 7. The molecule has 6 nitrogen and oxygen atoms in total. The van der Waals surface area contributed by atoms with Crippen LogP contribution in [-0.4, -0.2) is 9.97 Å². The lowest BCUT2D eigenvalue weighted by molar-refractivity contribution is -0.112. The molecule has 2 aromatic heterocycles. The average Bonchev–Trinajstić information content (AvgIpc) is 2.98. The van der Waals surface area contributed by atoms with Gasteiger partial charge in [0.15, 0.2) is 0 Å². The van der Waals surface area contributed by atoms with Gasteiger partial charge >= 0.3 is 0 Å². The zero-order chi connectivity index (χ0) is 25.9. The van der Waals surface area contributed by atoms with Crippen molar-refractivity contribution >= 4 is 21.6 Å². The van der Waals surface area contributed by atoms with Crippen molar-refractivity contribution in [1.29, 1.82) is 0 Å². The van der Waals surface area contributed by atoms with Gasteiger partial charge in [0, 0.05) is 46.2 Å². The number of hydrogen-bond acceptors (Lipinski definition) is 8. The molecule has 2 aromatic carbocycles. The maximum Gasteiger partial charge on any atom is 0.227 e. The minimum absolute atomic E-state index is 0.410. The van der Waals surface area contributed by atoms with Gasteiger partial charge in [0.2, 0.25) is 12.6 Å². The van der Waals surface area contributed by atoms with Crippen molar-refractivity contribution < 1.29 is 18.9 Å². The van der Waals surface area contributed by atoms with Crippen LogP contribution in [0.3, 0.4) is 0 Å². The summed E-state index contributed by atoms with van der Waals surface area (Å²) in [6.07, 6.45) is 3.07. The molecular weight excluding hydrogens is 516 g/mol. The molecule has 4 heterocycles. The number of nitrogens with zero attached hydrogens (tertiary/aromatic N) is 2. The lowest BCUT2D eigenvalue weighted by Gasteiger charge is -2.29. The van der Waals surface area contributed by atoms with Gasteiger partial charge in [-0.2, -0.15) is 0 Å². The summed E-state index contributed by atoms with van der Waals surface area (Å²) in [4.78, 5) is 9.22. The zero-order valence-electron chi connectivity index (χ0n) is 21.3. The van der Waals surface area contributed by atoms with Crippen molar-refractivity contribution in [1.82, 2.24) is 9.97 Å². The van der Waals surface area contributed by atoms with Crippen LogP contribution in [0.5, 0.6) is 11.5 Å². The average molecular weight is 545 g/mol. The van der Waals surface area contributed by atoms with Crippen molar-refractivity contribution in [2.75, 3.05) is 0 Å². The van der Waals surface area contributed by atoms with Crippen LogP contribution in [0.4, 0.5) is 0 Å². The molecular formula is C30H28N2O4S2. The van der Waals surface area contributed by atoms with Crippen molar-refractivity contribution in [3.05, 3.63) is 118 Å². The second-order valence-electron chi connectivity index (χ2n) is 9.22. The number of fused-ring (bicyclic) bond motifs is 2. The molecule has 2 aliphatic heterocycles. The predicted molar refractivity (Wildman–Crippen MR) is 150 cm³/mol. The Balaban J connectivity index is 1.10. The number of aryl methyl sites for hydroxylation is 2. The fraction of sp³-hybridized carbons (Fsp3) is 0.267. The maximum atomic E-state index is 6.24. The summed E-state index contributed by atoms with van der Waals surface area (Å²) in [5.74, 6) is 3.28. The smallest absolute Gasteiger partial charge is 0.227 e. The lowest BCUT2D eigenvalue weighted by Crippen LogP contribution is -2.20. The monoisotopic (exact) mass is 544 g/mol. The molecule has 2 atom stereocenters. The molecule has 2 aliphatic rings. The molecule has 0 bridgehead atoms. The van der Waals surface area contributed by atoms with Gasteiger partial charge in [-0.3, -0.25) is 9.97 Å². The van der Waals surface area contributed by atoms with E-state index in [4.69, 9.17) is 18.9 Å². The Hall–Kier alpha value is -3.04. The summed E-state index contributed by atoms with van der Waals surface area (Å²) >= 11 is 0. The van der Waals surface area contributed by atoms with Crippen molar-refractivity contribution in [2.24, 2.45) is 0 Å². The minimum Gasteiger partial charge on any atom is -0.458 e. The minimum atomic E-state index is -0.410. The van der Waals surface area contributed by atoms with Crippen molar-refractivity contribution in [3.8, 4) is 11.5 Å². The highest BCUT2D eigenvalue weighted by Gasteiger charge is 2.27. The Kier molecular flexibility index (Phi) is 7.56. The van der Waals surface area contributed by atoms with Gasteiger partial charge in [0.25, 0.3) is 0 Å². The molecule has 8 heteroatoms. The summed E-state index contributed by atoms with van der Waals surface area (Å²) in [6, 6.07) is 20.0. The highest BCUT2D eigenvalue weighted by atomic mass is 33.1. The molecule has 0 saturated carbocycles. The molecule has 0 radical (unpaired) electrons. The van der Waals surface area contributed by atoms with Crippen LogP contribution in [-0.2, 0) is 34.2 Å². The quantitative estimate of drug-likeness (QED) is 0.176. The van der Waals surface area contributed by atoms with Crippen molar-refractivity contribution in [2.45, 2.75) is 51.1 Å². The van der Waals surface area contributed by atoms with Crippen LogP contribution < -0.4 is 9.47 Å². The first-order valence-corrected chi connectivity index (χ1v) is 15.0. The highest BCUT2D eigenvalue weighted by molar-refractivity contribution is 8.76. The number of aromatic nitrogens is 2.